The lowest BCUT2D eigenvalue weighted by Crippen LogP contribution is -2.21. The van der Waals surface area contributed by atoms with Gasteiger partial charge in [0.1, 0.15) is 0 Å². The first-order chi connectivity index (χ1) is 16.5. The van der Waals surface area contributed by atoms with Gasteiger partial charge in [0.05, 0.1) is 23.6 Å². The molecule has 9 nitrogen and oxygen atoms in total. The molecule has 2 aromatic carbocycles. The summed E-state index contributed by atoms with van der Waals surface area (Å²) in [6.45, 7) is 1.51. The predicted octanol–water partition coefficient (Wildman–Crippen LogP) is 4.84. The van der Waals surface area contributed by atoms with E-state index in [4.69, 9.17) is 9.90 Å². The molecule has 0 amide bonds. The first kappa shape index (κ1) is 25.1. The number of fused-ring (bicyclic) bond motifs is 1. The highest BCUT2D eigenvalue weighted by molar-refractivity contribution is 5.94. The molecule has 3 N–H and O–H groups in total. The van der Waals surface area contributed by atoms with Crippen LogP contribution in [0.1, 0.15) is 17.3 Å². The number of rotatable bonds is 5. The van der Waals surface area contributed by atoms with E-state index >= 15 is 0 Å². The van der Waals surface area contributed by atoms with Crippen LogP contribution in [0.2, 0.25) is 0 Å². The molecule has 13 heteroatoms. The van der Waals surface area contributed by atoms with Crippen LogP contribution in [0.15, 0.2) is 54.9 Å². The standard InChI is InChI=1S/C20H17FN6O.C2HF3O2/c1-12(28)13-6-8-14(9-7-13)24-20-22-11-16(21)19(25-20)27(2)18-5-3-4-17-15(18)10-23-26-17;3-2(4,5)1(6)7/h3-11H,1-2H3,(H,23,26)(H,22,24,25);(H,6,7). The van der Waals surface area contributed by atoms with E-state index in [-0.39, 0.29) is 17.5 Å². The van der Waals surface area contributed by atoms with E-state index in [0.717, 1.165) is 22.8 Å². The van der Waals surface area contributed by atoms with E-state index in [1.165, 1.54) is 6.92 Å². The minimum Gasteiger partial charge on any atom is -0.475 e. The molecule has 0 atom stereocenters. The number of hydrogen-bond acceptors (Lipinski definition) is 7. The number of carbonyl (C=O) groups is 2. The molecular formula is C22H18F4N6O3. The molecule has 4 rings (SSSR count). The normalized spacial score (nSPS) is 10.9. The minimum atomic E-state index is -5.08. The Labute approximate surface area is 195 Å². The summed E-state index contributed by atoms with van der Waals surface area (Å²) < 4.78 is 46.2. The fourth-order valence-electron chi connectivity index (χ4n) is 2.93. The number of aromatic nitrogens is 4. The molecule has 0 aliphatic carbocycles. The number of aliphatic carboxylic acids is 1. The molecule has 0 spiro atoms. The summed E-state index contributed by atoms with van der Waals surface area (Å²) in [5, 5.41) is 18.0. The molecule has 0 unspecified atom stereocenters. The van der Waals surface area contributed by atoms with Crippen LogP contribution in [-0.2, 0) is 4.79 Å². The third-order valence-corrected chi connectivity index (χ3v) is 4.66. The van der Waals surface area contributed by atoms with Crippen LogP contribution in [-0.4, -0.2) is 50.2 Å². The maximum atomic E-state index is 14.5. The number of carbonyl (C=O) groups excluding carboxylic acids is 1. The molecule has 0 saturated carbocycles. The number of ketones is 1. The van der Waals surface area contributed by atoms with E-state index in [2.05, 4.69) is 25.5 Å². The van der Waals surface area contributed by atoms with Gasteiger partial charge in [-0.3, -0.25) is 9.89 Å². The van der Waals surface area contributed by atoms with Crippen LogP contribution in [0.25, 0.3) is 10.9 Å². The number of nitrogens with one attached hydrogen (secondary N) is 2. The highest BCUT2D eigenvalue weighted by atomic mass is 19.4. The molecule has 0 bridgehead atoms. The third kappa shape index (κ3) is 6.07. The summed E-state index contributed by atoms with van der Waals surface area (Å²) in [7, 11) is 1.73. The molecular weight excluding hydrogens is 472 g/mol. The average molecular weight is 490 g/mol. The molecule has 0 saturated heterocycles. The number of hydrogen-bond donors (Lipinski definition) is 3. The van der Waals surface area contributed by atoms with E-state index < -0.39 is 18.0 Å². The van der Waals surface area contributed by atoms with Gasteiger partial charge in [-0.1, -0.05) is 6.07 Å². The Morgan fingerprint density at radius 1 is 1.09 bits per heavy atom. The van der Waals surface area contributed by atoms with Crippen molar-refractivity contribution in [2.24, 2.45) is 0 Å². The first-order valence-corrected chi connectivity index (χ1v) is 9.84. The van der Waals surface area contributed by atoms with Crippen LogP contribution in [0.4, 0.5) is 40.7 Å². The van der Waals surface area contributed by atoms with Crippen molar-refractivity contribution in [3.63, 3.8) is 0 Å². The zero-order chi connectivity index (χ0) is 25.8. The largest absolute Gasteiger partial charge is 0.490 e. The topological polar surface area (TPSA) is 124 Å². The second-order valence-corrected chi connectivity index (χ2v) is 7.09. The third-order valence-electron chi connectivity index (χ3n) is 4.66. The number of carboxylic acid groups (broad SMARTS) is 1. The Hall–Kier alpha value is -4.55. The van der Waals surface area contributed by atoms with Crippen molar-refractivity contribution in [1.82, 2.24) is 20.2 Å². The molecule has 35 heavy (non-hydrogen) atoms. The Morgan fingerprint density at radius 3 is 2.34 bits per heavy atom. The lowest BCUT2D eigenvalue weighted by molar-refractivity contribution is -0.192. The maximum absolute atomic E-state index is 14.5. The van der Waals surface area contributed by atoms with Crippen molar-refractivity contribution in [2.75, 3.05) is 17.3 Å². The number of alkyl halides is 3. The van der Waals surface area contributed by atoms with Gasteiger partial charge in [0.2, 0.25) is 5.95 Å². The lowest BCUT2D eigenvalue weighted by atomic mass is 10.1. The number of halogens is 4. The SMILES string of the molecule is CC(=O)c1ccc(Nc2ncc(F)c(N(C)c3cccc4[nH]ncc34)n2)cc1.O=C(O)C(F)(F)F. The van der Waals surface area contributed by atoms with E-state index in [9.17, 15) is 22.4 Å². The van der Waals surface area contributed by atoms with Crippen LogP contribution in [0.3, 0.4) is 0 Å². The molecule has 2 aromatic heterocycles. The molecule has 0 fully saturated rings. The first-order valence-electron chi connectivity index (χ1n) is 9.84. The average Bonchev–Trinajstić information content (AvgIpc) is 3.29. The van der Waals surface area contributed by atoms with E-state index in [1.54, 1.807) is 42.4 Å². The van der Waals surface area contributed by atoms with Crippen molar-refractivity contribution in [1.29, 1.82) is 0 Å². The number of aromatic amines is 1. The predicted molar refractivity (Wildman–Crippen MR) is 120 cm³/mol. The van der Waals surface area contributed by atoms with Crippen LogP contribution in [0.5, 0.6) is 0 Å². The fourth-order valence-corrected chi connectivity index (χ4v) is 2.93. The van der Waals surface area contributed by atoms with Gasteiger partial charge in [-0.25, -0.2) is 14.2 Å². The summed E-state index contributed by atoms with van der Waals surface area (Å²) in [6.07, 6.45) is -2.27. The number of H-pyrrole nitrogens is 1. The van der Waals surface area contributed by atoms with Crippen molar-refractivity contribution in [3.8, 4) is 0 Å². The quantitative estimate of drug-likeness (QED) is 0.268. The van der Waals surface area contributed by atoms with Gasteiger partial charge in [0.25, 0.3) is 0 Å². The Morgan fingerprint density at radius 2 is 1.74 bits per heavy atom. The van der Waals surface area contributed by atoms with Gasteiger partial charge < -0.3 is 15.3 Å². The van der Waals surface area contributed by atoms with Crippen LogP contribution >= 0.6 is 0 Å². The van der Waals surface area contributed by atoms with E-state index in [0.29, 0.717) is 11.3 Å². The minimum absolute atomic E-state index is 0.0121. The van der Waals surface area contributed by atoms with Gasteiger partial charge in [0.15, 0.2) is 17.4 Å². The number of benzene rings is 2. The smallest absolute Gasteiger partial charge is 0.475 e. The van der Waals surface area contributed by atoms with Crippen LogP contribution in [0, 0.1) is 5.82 Å². The summed E-state index contributed by atoms with van der Waals surface area (Å²) in [4.78, 5) is 30.3. The molecule has 182 valence electrons. The van der Waals surface area contributed by atoms with Gasteiger partial charge in [0, 0.05) is 23.7 Å². The molecule has 0 aliphatic heterocycles. The zero-order valence-corrected chi connectivity index (χ0v) is 18.3. The number of nitrogens with zero attached hydrogens (tertiary/aromatic N) is 4. The highest BCUT2D eigenvalue weighted by Crippen LogP contribution is 2.31. The second-order valence-electron chi connectivity index (χ2n) is 7.09. The second kappa shape index (κ2) is 10.2. The molecule has 0 radical (unpaired) electrons. The Kier molecular flexibility index (Phi) is 7.28. The lowest BCUT2D eigenvalue weighted by Gasteiger charge is -2.20. The summed E-state index contributed by atoms with van der Waals surface area (Å²) in [5.74, 6) is -2.93. The molecule has 4 aromatic rings. The van der Waals surface area contributed by atoms with Crippen LogP contribution < -0.4 is 10.2 Å². The van der Waals surface area contributed by atoms with Gasteiger partial charge in [-0.15, -0.1) is 0 Å². The monoisotopic (exact) mass is 490 g/mol. The number of anilines is 4. The summed E-state index contributed by atoms with van der Waals surface area (Å²) in [5.41, 5.74) is 2.92. The van der Waals surface area contributed by atoms with Gasteiger partial charge >= 0.3 is 12.1 Å². The number of carboxylic acids is 1. The van der Waals surface area contributed by atoms with Crippen molar-refractivity contribution >= 4 is 45.8 Å². The number of Topliss-reactive ketones (excluding diaryl/α,β-unsaturated/α-hetero) is 1. The van der Waals surface area contributed by atoms with Gasteiger partial charge in [-0.2, -0.15) is 23.3 Å². The highest BCUT2D eigenvalue weighted by Gasteiger charge is 2.38. The van der Waals surface area contributed by atoms with Crippen molar-refractivity contribution in [3.05, 3.63) is 66.2 Å². The van der Waals surface area contributed by atoms with Crippen molar-refractivity contribution < 1.29 is 32.3 Å². The van der Waals surface area contributed by atoms with E-state index in [1.807, 2.05) is 18.2 Å². The van der Waals surface area contributed by atoms with Crippen molar-refractivity contribution in [2.45, 2.75) is 13.1 Å². The zero-order valence-electron chi connectivity index (χ0n) is 18.3. The van der Waals surface area contributed by atoms with Gasteiger partial charge in [-0.05, 0) is 43.3 Å². The molecule has 0 aliphatic rings. The summed E-state index contributed by atoms with van der Waals surface area (Å²) in [6, 6.07) is 12.5. The maximum Gasteiger partial charge on any atom is 0.490 e. The molecule has 2 heterocycles. The summed E-state index contributed by atoms with van der Waals surface area (Å²) >= 11 is 0. The Balaban J connectivity index is 0.000000429. The Bertz CT molecular complexity index is 1360. The fraction of sp³-hybridized carbons (Fsp3) is 0.136.